The molecule has 3 nitrogen and oxygen atoms in total. The van der Waals surface area contributed by atoms with Crippen LogP contribution in [0.5, 0.6) is 0 Å². The summed E-state index contributed by atoms with van der Waals surface area (Å²) in [6.07, 6.45) is -8.68. The highest BCUT2D eigenvalue weighted by molar-refractivity contribution is 5.65. The van der Waals surface area contributed by atoms with Crippen molar-refractivity contribution < 1.29 is 26.3 Å². The van der Waals surface area contributed by atoms with Gasteiger partial charge in [0.25, 0.3) is 0 Å². The van der Waals surface area contributed by atoms with Gasteiger partial charge in [-0.15, -0.1) is 0 Å². The maximum absolute atomic E-state index is 13.0. The number of rotatable bonds is 2. The molecule has 0 spiro atoms. The summed E-state index contributed by atoms with van der Waals surface area (Å²) in [4.78, 5) is 6.27. The molecule has 0 aliphatic rings. The normalized spacial score (nSPS) is 12.7. The highest BCUT2D eigenvalue weighted by atomic mass is 19.4. The van der Waals surface area contributed by atoms with Crippen LogP contribution >= 0.6 is 0 Å². The molecule has 3 N–H and O–H groups in total. The Hall–Kier alpha value is -2.03. The summed E-state index contributed by atoms with van der Waals surface area (Å²) in [5.41, 5.74) is 2.07. The number of aromatic amines is 1. The van der Waals surface area contributed by atoms with E-state index < -0.39 is 29.0 Å². The number of H-pyrrole nitrogens is 1. The predicted molar refractivity (Wildman–Crippen MR) is 61.9 cm³/mol. The second-order valence-electron chi connectivity index (χ2n) is 4.20. The number of hydrogen-bond acceptors (Lipinski definition) is 2. The molecule has 0 fully saturated rings. The highest BCUT2D eigenvalue weighted by Gasteiger charge is 2.38. The Morgan fingerprint density at radius 2 is 1.71 bits per heavy atom. The molecule has 0 saturated heterocycles. The Bertz CT molecular complexity index is 641. The van der Waals surface area contributed by atoms with Crippen LogP contribution in [0.15, 0.2) is 24.4 Å². The zero-order valence-corrected chi connectivity index (χ0v) is 10.3. The number of nitrogens with one attached hydrogen (secondary N) is 1. The van der Waals surface area contributed by atoms with E-state index in [9.17, 15) is 26.3 Å². The summed E-state index contributed by atoms with van der Waals surface area (Å²) < 4.78 is 76.5. The molecule has 1 aromatic carbocycles. The van der Waals surface area contributed by atoms with E-state index >= 15 is 0 Å². The van der Waals surface area contributed by atoms with Crippen molar-refractivity contribution in [1.82, 2.24) is 9.97 Å². The molecule has 114 valence electrons. The van der Waals surface area contributed by atoms with Crippen LogP contribution in [0.3, 0.4) is 0 Å². The van der Waals surface area contributed by atoms with E-state index in [1.54, 1.807) is 0 Å². The minimum atomic E-state index is -4.93. The van der Waals surface area contributed by atoms with Gasteiger partial charge in [-0.3, -0.25) is 0 Å². The summed E-state index contributed by atoms with van der Waals surface area (Å²) in [6, 6.07) is 1.44. The van der Waals surface area contributed by atoms with Gasteiger partial charge in [0.05, 0.1) is 29.6 Å². The van der Waals surface area contributed by atoms with Crippen molar-refractivity contribution in [2.45, 2.75) is 18.9 Å². The largest absolute Gasteiger partial charge is 0.417 e. The van der Waals surface area contributed by atoms with Crippen LogP contribution in [0.4, 0.5) is 26.3 Å². The SMILES string of the molecule is NCc1ncc(-c2ccc(C(F)(F)F)cc2C(F)(F)F)[nH]1. The van der Waals surface area contributed by atoms with Crippen LogP contribution in [0, 0.1) is 0 Å². The van der Waals surface area contributed by atoms with Crippen LogP contribution in [0.1, 0.15) is 17.0 Å². The zero-order valence-electron chi connectivity index (χ0n) is 10.3. The average Bonchev–Trinajstić information content (AvgIpc) is 2.84. The van der Waals surface area contributed by atoms with Gasteiger partial charge in [0.2, 0.25) is 0 Å². The molecule has 21 heavy (non-hydrogen) atoms. The number of alkyl halides is 6. The van der Waals surface area contributed by atoms with Gasteiger partial charge in [-0.2, -0.15) is 26.3 Å². The minimum absolute atomic E-state index is 0.0258. The van der Waals surface area contributed by atoms with Crippen molar-refractivity contribution in [2.75, 3.05) is 0 Å². The molecule has 0 atom stereocenters. The van der Waals surface area contributed by atoms with Gasteiger partial charge in [0.15, 0.2) is 0 Å². The van der Waals surface area contributed by atoms with Crippen molar-refractivity contribution in [3.8, 4) is 11.3 Å². The van der Waals surface area contributed by atoms with Gasteiger partial charge < -0.3 is 10.7 Å². The second-order valence-corrected chi connectivity index (χ2v) is 4.20. The Labute approximate surface area is 114 Å². The van der Waals surface area contributed by atoms with Gasteiger partial charge >= 0.3 is 12.4 Å². The van der Waals surface area contributed by atoms with E-state index in [0.29, 0.717) is 6.07 Å². The third-order valence-corrected chi connectivity index (χ3v) is 2.76. The van der Waals surface area contributed by atoms with Crippen LogP contribution in [0.2, 0.25) is 0 Å². The maximum atomic E-state index is 13.0. The first-order valence-electron chi connectivity index (χ1n) is 5.65. The first-order chi connectivity index (χ1) is 9.63. The van der Waals surface area contributed by atoms with Gasteiger partial charge in [-0.05, 0) is 12.1 Å². The lowest BCUT2D eigenvalue weighted by atomic mass is 10.0. The lowest BCUT2D eigenvalue weighted by molar-refractivity contribution is -0.142. The maximum Gasteiger partial charge on any atom is 0.417 e. The monoisotopic (exact) mass is 309 g/mol. The molecule has 0 unspecified atom stereocenters. The minimum Gasteiger partial charge on any atom is -0.341 e. The van der Waals surface area contributed by atoms with Crippen LogP contribution < -0.4 is 5.73 Å². The number of benzene rings is 1. The molecule has 0 bridgehead atoms. The molecule has 0 radical (unpaired) electrons. The number of nitrogens with zero attached hydrogens (tertiary/aromatic N) is 1. The molecular formula is C12H9F6N3. The zero-order chi connectivity index (χ0) is 15.8. The summed E-state index contributed by atoms with van der Waals surface area (Å²) in [7, 11) is 0. The topological polar surface area (TPSA) is 54.7 Å². The molecule has 0 aliphatic carbocycles. The van der Waals surface area contributed by atoms with Gasteiger partial charge in [-0.25, -0.2) is 4.98 Å². The lowest BCUT2D eigenvalue weighted by Gasteiger charge is -2.15. The van der Waals surface area contributed by atoms with E-state index in [2.05, 4.69) is 9.97 Å². The number of nitrogens with two attached hydrogens (primary N) is 1. The molecule has 0 amide bonds. The number of halogens is 6. The fourth-order valence-corrected chi connectivity index (χ4v) is 1.79. The van der Waals surface area contributed by atoms with E-state index in [1.807, 2.05) is 0 Å². The molecule has 2 aromatic rings. The first-order valence-corrected chi connectivity index (χ1v) is 5.65. The predicted octanol–water partition coefficient (Wildman–Crippen LogP) is 3.57. The number of imidazole rings is 1. The van der Waals surface area contributed by atoms with Crippen molar-refractivity contribution in [1.29, 1.82) is 0 Å². The van der Waals surface area contributed by atoms with Crippen molar-refractivity contribution in [3.05, 3.63) is 41.3 Å². The van der Waals surface area contributed by atoms with Crippen LogP contribution in [-0.4, -0.2) is 9.97 Å². The summed E-state index contributed by atoms with van der Waals surface area (Å²) in [5.74, 6) is 0.234. The lowest BCUT2D eigenvalue weighted by Crippen LogP contribution is -2.12. The fraction of sp³-hybridized carbons (Fsp3) is 0.250. The van der Waals surface area contributed by atoms with Crippen molar-refractivity contribution in [2.24, 2.45) is 5.73 Å². The fourth-order valence-electron chi connectivity index (χ4n) is 1.79. The third-order valence-electron chi connectivity index (χ3n) is 2.76. The quantitative estimate of drug-likeness (QED) is 0.833. The van der Waals surface area contributed by atoms with Gasteiger partial charge in [0, 0.05) is 5.56 Å². The molecule has 0 saturated carbocycles. The van der Waals surface area contributed by atoms with Crippen molar-refractivity contribution >= 4 is 0 Å². The van der Waals surface area contributed by atoms with E-state index in [0.717, 1.165) is 12.3 Å². The second kappa shape index (κ2) is 5.06. The first kappa shape index (κ1) is 15.4. The van der Waals surface area contributed by atoms with Crippen LogP contribution in [0.25, 0.3) is 11.3 Å². The van der Waals surface area contributed by atoms with E-state index in [1.165, 1.54) is 0 Å². The molecule has 2 rings (SSSR count). The smallest absolute Gasteiger partial charge is 0.341 e. The van der Waals surface area contributed by atoms with E-state index in [4.69, 9.17) is 5.73 Å². The third kappa shape index (κ3) is 3.18. The molecular weight excluding hydrogens is 300 g/mol. The van der Waals surface area contributed by atoms with E-state index in [-0.39, 0.29) is 24.1 Å². The Morgan fingerprint density at radius 3 is 2.19 bits per heavy atom. The number of aromatic nitrogens is 2. The Kier molecular flexibility index (Phi) is 3.70. The summed E-state index contributed by atoms with van der Waals surface area (Å²) in [5, 5.41) is 0. The summed E-state index contributed by atoms with van der Waals surface area (Å²) in [6.45, 7) is -0.0258. The van der Waals surface area contributed by atoms with Crippen LogP contribution in [-0.2, 0) is 18.9 Å². The summed E-state index contributed by atoms with van der Waals surface area (Å²) >= 11 is 0. The Balaban J connectivity index is 2.60. The van der Waals surface area contributed by atoms with Gasteiger partial charge in [0.1, 0.15) is 5.82 Å². The molecule has 0 aliphatic heterocycles. The Morgan fingerprint density at radius 1 is 1.05 bits per heavy atom. The molecule has 1 aromatic heterocycles. The van der Waals surface area contributed by atoms with Gasteiger partial charge in [-0.1, -0.05) is 6.07 Å². The van der Waals surface area contributed by atoms with Crippen molar-refractivity contribution in [3.63, 3.8) is 0 Å². The molecule has 1 heterocycles. The standard InChI is InChI=1S/C12H9F6N3/c13-11(14,15)6-1-2-7(8(3-6)12(16,17)18)9-5-20-10(4-19)21-9/h1-3,5H,4,19H2,(H,20,21). The highest BCUT2D eigenvalue weighted by Crippen LogP contribution is 2.40. The average molecular weight is 309 g/mol. The number of hydrogen-bond donors (Lipinski definition) is 2. The molecule has 9 heteroatoms.